The molecule has 1 atom stereocenters. The molecule has 0 aliphatic heterocycles. The minimum atomic E-state index is -0.725. The maximum Gasteiger partial charge on any atom is 0.123 e. The molecule has 0 radical (unpaired) electrons. The van der Waals surface area contributed by atoms with Gasteiger partial charge in [-0.2, -0.15) is 5.10 Å². The lowest BCUT2D eigenvalue weighted by molar-refractivity contribution is 0.151. The van der Waals surface area contributed by atoms with E-state index in [9.17, 15) is 9.50 Å². The van der Waals surface area contributed by atoms with Crippen LogP contribution in [-0.2, 0) is 6.54 Å². The molecule has 5 heteroatoms. The fraction of sp³-hybridized carbons (Fsp3) is 0.182. The summed E-state index contributed by atoms with van der Waals surface area (Å²) >= 11 is 5.70. The van der Waals surface area contributed by atoms with E-state index in [-0.39, 0.29) is 5.82 Å². The molecule has 84 valence electrons. The van der Waals surface area contributed by atoms with Gasteiger partial charge >= 0.3 is 0 Å². The number of hydrogen-bond acceptors (Lipinski definition) is 2. The molecule has 0 aliphatic carbocycles. The summed E-state index contributed by atoms with van der Waals surface area (Å²) in [6.07, 6.45) is 2.39. The Morgan fingerprint density at radius 2 is 2.06 bits per heavy atom. The first-order valence-electron chi connectivity index (χ1n) is 4.76. The Hall–Kier alpha value is -1.39. The summed E-state index contributed by atoms with van der Waals surface area (Å²) in [5.74, 6) is -0.321. The lowest BCUT2D eigenvalue weighted by atomic mass is 10.1. The molecule has 1 heterocycles. The van der Waals surface area contributed by atoms with Crippen LogP contribution in [0.2, 0.25) is 5.02 Å². The first-order chi connectivity index (χ1) is 7.65. The standard InChI is InChI=1S/C11H10ClFN2O/c12-9-5-14-15(6-9)7-11(16)8-1-3-10(13)4-2-8/h1-6,11,16H,7H2. The van der Waals surface area contributed by atoms with Crippen LogP contribution in [0.5, 0.6) is 0 Å². The van der Waals surface area contributed by atoms with Crippen molar-refractivity contribution in [2.45, 2.75) is 12.6 Å². The molecule has 2 aromatic rings. The number of aromatic nitrogens is 2. The Balaban J connectivity index is 2.08. The fourth-order valence-corrected chi connectivity index (χ4v) is 1.56. The van der Waals surface area contributed by atoms with Gasteiger partial charge in [0.15, 0.2) is 0 Å². The maximum atomic E-state index is 12.7. The molecule has 1 unspecified atom stereocenters. The topological polar surface area (TPSA) is 38.0 Å². The minimum absolute atomic E-state index is 0.290. The summed E-state index contributed by atoms with van der Waals surface area (Å²) in [6, 6.07) is 5.72. The highest BCUT2D eigenvalue weighted by Crippen LogP contribution is 2.16. The second kappa shape index (κ2) is 4.63. The summed E-state index contributed by atoms with van der Waals surface area (Å²) in [7, 11) is 0. The molecule has 0 aliphatic rings. The summed E-state index contributed by atoms with van der Waals surface area (Å²) in [4.78, 5) is 0. The van der Waals surface area contributed by atoms with Crippen molar-refractivity contribution in [3.8, 4) is 0 Å². The van der Waals surface area contributed by atoms with Crippen LogP contribution in [0.4, 0.5) is 4.39 Å². The van der Waals surface area contributed by atoms with E-state index in [4.69, 9.17) is 11.6 Å². The van der Waals surface area contributed by atoms with Gasteiger partial charge in [-0.3, -0.25) is 4.68 Å². The zero-order valence-corrected chi connectivity index (χ0v) is 9.10. The quantitative estimate of drug-likeness (QED) is 0.895. The van der Waals surface area contributed by atoms with Crippen LogP contribution in [0, 0.1) is 5.82 Å². The molecule has 1 aromatic carbocycles. The van der Waals surface area contributed by atoms with Gasteiger partial charge in [0.2, 0.25) is 0 Å². The van der Waals surface area contributed by atoms with E-state index >= 15 is 0 Å². The van der Waals surface area contributed by atoms with Crippen LogP contribution >= 0.6 is 11.6 Å². The number of benzene rings is 1. The van der Waals surface area contributed by atoms with E-state index in [1.54, 1.807) is 18.3 Å². The van der Waals surface area contributed by atoms with Gasteiger partial charge in [0.1, 0.15) is 5.82 Å². The maximum absolute atomic E-state index is 12.7. The third kappa shape index (κ3) is 2.59. The number of rotatable bonds is 3. The third-order valence-electron chi connectivity index (χ3n) is 2.22. The van der Waals surface area contributed by atoms with Gasteiger partial charge in [0, 0.05) is 6.20 Å². The van der Waals surface area contributed by atoms with Crippen molar-refractivity contribution in [2.75, 3.05) is 0 Å². The number of nitrogens with zero attached hydrogens (tertiary/aromatic N) is 2. The third-order valence-corrected chi connectivity index (χ3v) is 2.41. The van der Waals surface area contributed by atoms with E-state index < -0.39 is 6.10 Å². The van der Waals surface area contributed by atoms with Crippen molar-refractivity contribution >= 4 is 11.6 Å². The van der Waals surface area contributed by atoms with Gasteiger partial charge in [-0.15, -0.1) is 0 Å². The van der Waals surface area contributed by atoms with E-state index in [2.05, 4.69) is 5.10 Å². The Bertz CT molecular complexity index is 469. The molecular weight excluding hydrogens is 231 g/mol. The van der Waals surface area contributed by atoms with E-state index in [1.807, 2.05) is 0 Å². The lowest BCUT2D eigenvalue weighted by Crippen LogP contribution is -2.08. The van der Waals surface area contributed by atoms with Gasteiger partial charge in [-0.1, -0.05) is 23.7 Å². The van der Waals surface area contributed by atoms with Crippen LogP contribution in [0.1, 0.15) is 11.7 Å². The summed E-state index contributed by atoms with van der Waals surface area (Å²) in [6.45, 7) is 0.290. The Kier molecular flexibility index (Phi) is 3.22. The zero-order valence-electron chi connectivity index (χ0n) is 8.35. The summed E-state index contributed by atoms with van der Waals surface area (Å²) in [5, 5.41) is 14.3. The predicted octanol–water partition coefficient (Wildman–Crippen LogP) is 2.41. The average Bonchev–Trinajstić information content (AvgIpc) is 2.65. The number of aliphatic hydroxyl groups is 1. The molecule has 3 nitrogen and oxygen atoms in total. The summed E-state index contributed by atoms with van der Waals surface area (Å²) < 4.78 is 14.2. The molecule has 0 saturated heterocycles. The van der Waals surface area contributed by atoms with Crippen molar-refractivity contribution < 1.29 is 9.50 Å². The van der Waals surface area contributed by atoms with Crippen molar-refractivity contribution in [1.29, 1.82) is 0 Å². The highest BCUT2D eigenvalue weighted by molar-refractivity contribution is 6.30. The SMILES string of the molecule is OC(Cn1cc(Cl)cn1)c1ccc(F)cc1. The Labute approximate surface area is 97.1 Å². The van der Waals surface area contributed by atoms with Gasteiger partial charge in [0.05, 0.1) is 23.9 Å². The van der Waals surface area contributed by atoms with Crippen molar-refractivity contribution in [3.63, 3.8) is 0 Å². The number of hydrogen-bond donors (Lipinski definition) is 1. The highest BCUT2D eigenvalue weighted by Gasteiger charge is 2.09. The van der Waals surface area contributed by atoms with Crippen molar-refractivity contribution in [1.82, 2.24) is 9.78 Å². The highest BCUT2D eigenvalue weighted by atomic mass is 35.5. The van der Waals surface area contributed by atoms with Crippen LogP contribution in [0.25, 0.3) is 0 Å². The zero-order chi connectivity index (χ0) is 11.5. The Morgan fingerprint density at radius 3 is 2.62 bits per heavy atom. The van der Waals surface area contributed by atoms with Crippen molar-refractivity contribution in [3.05, 3.63) is 53.1 Å². The fourth-order valence-electron chi connectivity index (χ4n) is 1.41. The normalized spacial score (nSPS) is 12.7. The monoisotopic (exact) mass is 240 g/mol. The molecular formula is C11H10ClFN2O. The number of halogens is 2. The molecule has 0 amide bonds. The van der Waals surface area contributed by atoms with Crippen LogP contribution < -0.4 is 0 Å². The van der Waals surface area contributed by atoms with Crippen LogP contribution in [0.15, 0.2) is 36.7 Å². The van der Waals surface area contributed by atoms with Gasteiger partial charge in [-0.25, -0.2) is 4.39 Å². The summed E-state index contributed by atoms with van der Waals surface area (Å²) in [5.41, 5.74) is 0.646. The minimum Gasteiger partial charge on any atom is -0.386 e. The van der Waals surface area contributed by atoms with Gasteiger partial charge in [-0.05, 0) is 17.7 Å². The number of aliphatic hydroxyl groups excluding tert-OH is 1. The Morgan fingerprint density at radius 1 is 1.38 bits per heavy atom. The van der Waals surface area contributed by atoms with Gasteiger partial charge < -0.3 is 5.11 Å². The largest absolute Gasteiger partial charge is 0.386 e. The molecule has 0 bridgehead atoms. The van der Waals surface area contributed by atoms with E-state index in [0.717, 1.165) is 0 Å². The average molecular weight is 241 g/mol. The van der Waals surface area contributed by atoms with Crippen molar-refractivity contribution in [2.24, 2.45) is 0 Å². The first-order valence-corrected chi connectivity index (χ1v) is 5.14. The molecule has 0 saturated carbocycles. The second-order valence-electron chi connectivity index (χ2n) is 3.45. The molecule has 2 rings (SSSR count). The predicted molar refractivity (Wildman–Crippen MR) is 58.6 cm³/mol. The second-order valence-corrected chi connectivity index (χ2v) is 3.88. The van der Waals surface area contributed by atoms with Crippen LogP contribution in [-0.4, -0.2) is 14.9 Å². The lowest BCUT2D eigenvalue weighted by Gasteiger charge is -2.10. The molecule has 0 spiro atoms. The van der Waals surface area contributed by atoms with Gasteiger partial charge in [0.25, 0.3) is 0 Å². The first kappa shape index (κ1) is 11.1. The molecule has 16 heavy (non-hydrogen) atoms. The van der Waals surface area contributed by atoms with E-state index in [1.165, 1.54) is 23.0 Å². The molecule has 0 fully saturated rings. The molecule has 1 aromatic heterocycles. The van der Waals surface area contributed by atoms with Crippen LogP contribution in [0.3, 0.4) is 0 Å². The van der Waals surface area contributed by atoms with E-state index in [0.29, 0.717) is 17.1 Å². The molecule has 1 N–H and O–H groups in total. The smallest absolute Gasteiger partial charge is 0.123 e.